The molecule has 0 rings (SSSR count). The molecule has 31 N–H and O–H groups in total. The molecule has 0 radical (unpaired) electrons. The lowest BCUT2D eigenvalue weighted by Crippen LogP contribution is -2.60. The maximum atomic E-state index is 14.5. The molecule has 0 fully saturated rings. The summed E-state index contributed by atoms with van der Waals surface area (Å²) in [5.74, 6) is -14.8. The van der Waals surface area contributed by atoms with Gasteiger partial charge in [0.15, 0.2) is 0 Å². The molecule has 0 aliphatic carbocycles. The predicted molar refractivity (Wildman–Crippen MR) is 505 cm³/mol. The Morgan fingerprint density at radius 1 is 0.174 bits per heavy atom. The first-order valence-electron chi connectivity index (χ1n) is 47.5. The van der Waals surface area contributed by atoms with Crippen molar-refractivity contribution >= 4 is 106 Å². The van der Waals surface area contributed by atoms with E-state index in [1.165, 1.54) is 41.5 Å². The Morgan fingerprint density at radius 3 is 0.500 bits per heavy atom. The largest absolute Gasteiger partial charge is 0.368 e. The summed E-state index contributed by atoms with van der Waals surface area (Å²) in [5.41, 5.74) is 40.4. The zero-order valence-electron chi connectivity index (χ0n) is 82.4. The van der Waals surface area contributed by atoms with Gasteiger partial charge in [0.05, 0.1) is 6.04 Å². The van der Waals surface area contributed by atoms with Crippen LogP contribution in [0.2, 0.25) is 0 Å². The van der Waals surface area contributed by atoms with Crippen molar-refractivity contribution in [2.45, 2.75) is 388 Å². The number of carbonyl (C=O) groups is 18. The molecule has 0 saturated heterocycles. The van der Waals surface area contributed by atoms with Crippen molar-refractivity contribution < 1.29 is 86.3 Å². The molecule has 0 saturated carbocycles. The van der Waals surface area contributed by atoms with E-state index in [1.54, 1.807) is 55.4 Å². The molecule has 758 valence electrons. The van der Waals surface area contributed by atoms with E-state index in [4.69, 9.17) is 40.1 Å². The minimum Gasteiger partial charge on any atom is -0.368 e. The van der Waals surface area contributed by atoms with Gasteiger partial charge in [0, 0.05) is 0 Å². The molecule has 42 heteroatoms. The van der Waals surface area contributed by atoms with Gasteiger partial charge in [-0.25, -0.2) is 0 Å². The normalized spacial score (nSPS) is 15.6. The number of nitrogens with one attached hydrogen (secondary N) is 17. The first-order valence-corrected chi connectivity index (χ1v) is 47.5. The van der Waals surface area contributed by atoms with E-state index in [-0.39, 0.29) is 138 Å². The van der Waals surface area contributed by atoms with Crippen LogP contribution in [0.3, 0.4) is 0 Å². The van der Waals surface area contributed by atoms with Gasteiger partial charge in [-0.3, -0.25) is 86.3 Å². The molecule has 0 aromatic heterocycles. The maximum absolute atomic E-state index is 14.5. The first kappa shape index (κ1) is 122. The van der Waals surface area contributed by atoms with Crippen LogP contribution in [-0.4, -0.2) is 248 Å². The van der Waals surface area contributed by atoms with Crippen molar-refractivity contribution in [2.75, 3.05) is 32.7 Å². The van der Waals surface area contributed by atoms with Gasteiger partial charge in [0.1, 0.15) is 103 Å². The number of hydrogen-bond acceptors (Lipinski definition) is 24. The lowest BCUT2D eigenvalue weighted by atomic mass is 10.00. The number of unbranched alkanes of at least 4 members (excludes halogenated alkanes) is 5. The van der Waals surface area contributed by atoms with Crippen LogP contribution in [-0.2, 0) is 86.3 Å². The molecule has 0 heterocycles. The summed E-state index contributed by atoms with van der Waals surface area (Å²) in [5, 5.41) is 45.4. The fourth-order valence-corrected chi connectivity index (χ4v) is 14.0. The molecule has 132 heavy (non-hydrogen) atoms. The van der Waals surface area contributed by atoms with Crippen molar-refractivity contribution in [3.63, 3.8) is 0 Å². The molecule has 0 aromatic rings. The summed E-state index contributed by atoms with van der Waals surface area (Å²) in [4.78, 5) is 250. The monoisotopic (exact) mass is 1880 g/mol. The van der Waals surface area contributed by atoms with E-state index in [9.17, 15) is 86.3 Å². The number of rotatable bonds is 69. The van der Waals surface area contributed by atoms with Crippen LogP contribution in [0, 0.1) is 41.4 Å². The summed E-state index contributed by atoms with van der Waals surface area (Å²) in [6.07, 6.45) is 5.75. The highest BCUT2D eigenvalue weighted by Crippen LogP contribution is 2.18. The second kappa shape index (κ2) is 65.8. The van der Waals surface area contributed by atoms with Gasteiger partial charge in [0.2, 0.25) is 106 Å². The van der Waals surface area contributed by atoms with E-state index in [0.717, 1.165) is 0 Å². The number of carbonyl (C=O) groups excluding carboxylic acids is 18. The van der Waals surface area contributed by atoms with Crippen LogP contribution in [0.1, 0.15) is 280 Å². The van der Waals surface area contributed by atoms with Crippen molar-refractivity contribution in [1.29, 1.82) is 0 Å². The van der Waals surface area contributed by atoms with Gasteiger partial charge in [-0.1, -0.05) is 103 Å². The Labute approximate surface area is 782 Å². The van der Waals surface area contributed by atoms with E-state index in [0.29, 0.717) is 77.2 Å². The number of hydrogen-bond donors (Lipinski definition) is 24. The second-order valence-electron chi connectivity index (χ2n) is 37.9. The lowest BCUT2D eigenvalue weighted by molar-refractivity contribution is -0.136. The van der Waals surface area contributed by atoms with Crippen LogP contribution in [0.5, 0.6) is 0 Å². The minimum atomic E-state index is -1.36. The fraction of sp³-hybridized carbons (Fsp3) is 0.800. The smallest absolute Gasteiger partial charge is 0.243 e. The quantitative estimate of drug-likeness (QED) is 0.0297. The molecular formula is C90H170N24O18. The van der Waals surface area contributed by atoms with Gasteiger partial charge in [-0.15, -0.1) is 0 Å². The molecular weight excluding hydrogens is 1710 g/mol. The zero-order chi connectivity index (χ0) is 101. The van der Waals surface area contributed by atoms with Crippen LogP contribution in [0.25, 0.3) is 0 Å². The highest BCUT2D eigenvalue weighted by atomic mass is 16.2. The predicted octanol–water partition coefficient (Wildman–Crippen LogP) is -1.87. The maximum Gasteiger partial charge on any atom is 0.243 e. The summed E-state index contributed by atoms with van der Waals surface area (Å²) >= 11 is 0. The van der Waals surface area contributed by atoms with Crippen molar-refractivity contribution in [2.24, 2.45) is 81.6 Å². The first-order chi connectivity index (χ1) is 61.8. The van der Waals surface area contributed by atoms with E-state index in [1.807, 2.05) is 41.5 Å². The van der Waals surface area contributed by atoms with Crippen LogP contribution in [0.4, 0.5) is 0 Å². The molecule has 0 aliphatic heterocycles. The average Bonchev–Trinajstić information content (AvgIpc) is 0.851. The standard InChI is InChI=1S/C90H170N24O18/c1-48(2)41-66(112-79(121)61(96)31-21-26-36-91)85(127)102-59(19)77(119)111-72(47-54(13)14)90(132)107-65(35-25-30-40-95)83(125)114-68(43-50(5)6)86(128)103-60(20)78(120)110-70(45-52(9)10)88(130)105-63(33-23-28-38-93)81(123)101-58(18)76(118)109-69(44-51(7)8)87(129)104-62(32-22-27-37-92)80(122)100-56(16)74(116)99-57(17)75(117)108-71(46-53(11)12)89(131)106-64(34-24-29-39-94)82(124)113-67(42-49(3)4)84(126)98-55(15)73(97)115/h48-72H,21-47,91-96H2,1-20H3,(H2,97,115)(H,98,126)(H,99,116)(H,100,122)(H,101,123)(H,102,127)(H,103,128)(H,104,129)(H,105,130)(H,106,131)(H,107,132)(H,108,117)(H,109,118)(H,110,120)(H,111,119)(H,112,121)(H,113,124)(H,114,125)/t55-,56-,57-,58-,59-,60-,61-,62-,63-,64-,65-,66-,67-,68-,69-,70-,71-,72-/m1/s1. The van der Waals surface area contributed by atoms with Crippen LogP contribution in [0.15, 0.2) is 0 Å². The average molecular weight is 1880 g/mol. The molecule has 42 nitrogen and oxygen atoms in total. The summed E-state index contributed by atoms with van der Waals surface area (Å²) in [7, 11) is 0. The Balaban J connectivity index is 6.72. The number of amides is 18. The fourth-order valence-electron chi connectivity index (χ4n) is 14.0. The van der Waals surface area contributed by atoms with Crippen LogP contribution >= 0.6 is 0 Å². The van der Waals surface area contributed by atoms with Crippen LogP contribution < -0.4 is 131 Å². The van der Waals surface area contributed by atoms with Gasteiger partial charge in [0.25, 0.3) is 0 Å². The summed E-state index contributed by atoms with van der Waals surface area (Å²) in [6, 6.07) is -22.0. The van der Waals surface area contributed by atoms with Crippen molar-refractivity contribution in [3.8, 4) is 0 Å². The Morgan fingerprint density at radius 2 is 0.311 bits per heavy atom. The third kappa shape index (κ3) is 50.9. The molecule has 0 aliphatic rings. The number of primary amides is 1. The van der Waals surface area contributed by atoms with Gasteiger partial charge >= 0.3 is 0 Å². The minimum absolute atomic E-state index is 0.0143. The van der Waals surface area contributed by atoms with E-state index in [2.05, 4.69) is 90.4 Å². The molecule has 0 spiro atoms. The van der Waals surface area contributed by atoms with Gasteiger partial charge < -0.3 is 131 Å². The molecule has 0 bridgehead atoms. The summed E-state index contributed by atoms with van der Waals surface area (Å²) in [6.45, 7) is 35.1. The zero-order valence-corrected chi connectivity index (χ0v) is 82.4. The lowest BCUT2D eigenvalue weighted by Gasteiger charge is -2.28. The highest BCUT2D eigenvalue weighted by molar-refractivity contribution is 6.01. The van der Waals surface area contributed by atoms with Crippen molar-refractivity contribution in [3.05, 3.63) is 0 Å². The molecule has 0 aromatic carbocycles. The van der Waals surface area contributed by atoms with E-state index < -0.39 is 215 Å². The SMILES string of the molecule is CC(C)C[C@@H](NC(=O)[C@H](N)CCCCN)C(=O)N[C@H](C)C(=O)N[C@H](CC(C)C)C(=O)N[C@H](CCCCN)C(=O)N[C@H](CC(C)C)C(=O)N[C@H](C)C(=O)N[C@H](CC(C)C)C(=O)N[C@H](CCCCN)C(=O)N[C@H](C)C(=O)N[C@H](CC(C)C)C(=O)N[C@H](CCCCN)C(=O)N[C@H](C)C(=O)N[C@H](C)C(=O)N[C@H](CC(C)C)C(=O)N[C@H](CCCCN)C(=O)N[C@H](CC(C)C)C(=O)N[C@H](C)C(N)=O. The highest BCUT2D eigenvalue weighted by Gasteiger charge is 2.39. The van der Waals surface area contributed by atoms with Gasteiger partial charge in [-0.2, -0.15) is 0 Å². The third-order valence-corrected chi connectivity index (χ3v) is 21.6. The Kier molecular flexibility index (Phi) is 60.9. The number of nitrogens with two attached hydrogens (primary N) is 7. The second-order valence-corrected chi connectivity index (χ2v) is 37.9. The third-order valence-electron chi connectivity index (χ3n) is 21.6. The summed E-state index contributed by atoms with van der Waals surface area (Å²) < 4.78 is 0. The molecule has 18 amide bonds. The Hall–Kier alpha value is -9.78. The molecule has 0 unspecified atom stereocenters. The topological polar surface area (TPSA) is 694 Å². The Bertz CT molecular complexity index is 3630. The van der Waals surface area contributed by atoms with E-state index >= 15 is 0 Å². The van der Waals surface area contributed by atoms with Gasteiger partial charge in [-0.05, 0) is 251 Å². The molecule has 18 atom stereocenters. The van der Waals surface area contributed by atoms with Crippen molar-refractivity contribution in [1.82, 2.24) is 90.4 Å².